The maximum Gasteiger partial charge on any atom is 0.248 e. The lowest BCUT2D eigenvalue weighted by Gasteiger charge is -2.38. The summed E-state index contributed by atoms with van der Waals surface area (Å²) in [5.74, 6) is 0.650. The Morgan fingerprint density at radius 1 is 1.18 bits per heavy atom. The molecule has 1 spiro atoms. The lowest BCUT2D eigenvalue weighted by molar-refractivity contribution is -0.119. The Balaban J connectivity index is 1.58. The Hall–Kier alpha value is -1.92. The predicted octanol–water partition coefficient (Wildman–Crippen LogP) is 1.73. The fourth-order valence-electron chi connectivity index (χ4n) is 3.05. The molecule has 3 heterocycles. The van der Waals surface area contributed by atoms with E-state index >= 15 is 0 Å². The van der Waals surface area contributed by atoms with Crippen molar-refractivity contribution in [2.75, 3.05) is 24.6 Å². The number of nitrogens with zero attached hydrogens (tertiary/aromatic N) is 3. The first-order chi connectivity index (χ1) is 10.7. The van der Waals surface area contributed by atoms with Crippen LogP contribution in [0.4, 0.5) is 5.82 Å². The highest BCUT2D eigenvalue weighted by Crippen LogP contribution is 2.32. The average molecular weight is 319 g/mol. The Bertz CT molecular complexity index is 743. The van der Waals surface area contributed by atoms with Crippen molar-refractivity contribution in [1.82, 2.24) is 15.3 Å². The van der Waals surface area contributed by atoms with Gasteiger partial charge >= 0.3 is 0 Å². The van der Waals surface area contributed by atoms with Gasteiger partial charge in [-0.05, 0) is 12.1 Å². The summed E-state index contributed by atoms with van der Waals surface area (Å²) in [4.78, 5) is 22.5. The maximum absolute atomic E-state index is 11.4. The molecule has 0 atom stereocenters. The van der Waals surface area contributed by atoms with E-state index in [2.05, 4.69) is 20.2 Å². The molecule has 0 radical (unpaired) electrons. The van der Waals surface area contributed by atoms with Crippen LogP contribution in [0, 0.1) is 0 Å². The van der Waals surface area contributed by atoms with Crippen LogP contribution in [0.1, 0.15) is 12.8 Å². The van der Waals surface area contributed by atoms with Crippen molar-refractivity contribution in [3.8, 4) is 0 Å². The van der Waals surface area contributed by atoms with E-state index in [1.54, 1.807) is 0 Å². The quantitative estimate of drug-likeness (QED) is 0.867. The number of amides is 1. The largest absolute Gasteiger partial charge is 0.354 e. The molecule has 1 aromatic heterocycles. The third-order valence-electron chi connectivity index (χ3n) is 4.23. The van der Waals surface area contributed by atoms with Crippen LogP contribution in [0.5, 0.6) is 0 Å². The molecule has 2 aliphatic rings. The predicted molar refractivity (Wildman–Crippen MR) is 82.8 cm³/mol. The number of rotatable bonds is 1. The van der Waals surface area contributed by atoms with Crippen LogP contribution < -0.4 is 10.2 Å². The molecule has 0 saturated carbocycles. The van der Waals surface area contributed by atoms with E-state index in [0.29, 0.717) is 36.9 Å². The first-order valence-electron chi connectivity index (χ1n) is 7.27. The standard InChI is InChI=1S/C15H15ClN4O2/c16-13-14(18-11-4-2-1-3-10(11)17-13)20-7-5-15(6-8-20)19-12(21)9-22-15/h1-4H,5-9H2,(H,19,21). The van der Waals surface area contributed by atoms with Crippen molar-refractivity contribution in [2.24, 2.45) is 0 Å². The minimum absolute atomic E-state index is 0.0445. The van der Waals surface area contributed by atoms with Gasteiger partial charge in [-0.25, -0.2) is 9.97 Å². The average Bonchev–Trinajstić information content (AvgIpc) is 2.88. The van der Waals surface area contributed by atoms with Crippen LogP contribution in [0.2, 0.25) is 5.15 Å². The van der Waals surface area contributed by atoms with Crippen LogP contribution in [0.25, 0.3) is 11.0 Å². The number of piperidine rings is 1. The normalized spacial score (nSPS) is 20.6. The second-order valence-electron chi connectivity index (χ2n) is 5.64. The van der Waals surface area contributed by atoms with E-state index < -0.39 is 5.72 Å². The monoisotopic (exact) mass is 318 g/mol. The van der Waals surface area contributed by atoms with Crippen molar-refractivity contribution in [1.29, 1.82) is 0 Å². The Labute approximate surface area is 132 Å². The van der Waals surface area contributed by atoms with Gasteiger partial charge in [0.15, 0.2) is 11.0 Å². The van der Waals surface area contributed by atoms with E-state index in [0.717, 1.165) is 11.0 Å². The van der Waals surface area contributed by atoms with Crippen LogP contribution in [0.3, 0.4) is 0 Å². The van der Waals surface area contributed by atoms with Crippen LogP contribution in [-0.4, -0.2) is 41.3 Å². The number of nitrogens with one attached hydrogen (secondary N) is 1. The number of aromatic nitrogens is 2. The molecule has 2 aromatic rings. The van der Waals surface area contributed by atoms with Crippen molar-refractivity contribution >= 4 is 34.4 Å². The van der Waals surface area contributed by atoms with Gasteiger partial charge in [0.25, 0.3) is 0 Å². The number of hydrogen-bond donors (Lipinski definition) is 1. The highest BCUT2D eigenvalue weighted by molar-refractivity contribution is 6.32. The molecule has 2 saturated heterocycles. The number of para-hydroxylation sites is 2. The minimum Gasteiger partial charge on any atom is -0.354 e. The molecular weight excluding hydrogens is 304 g/mol. The van der Waals surface area contributed by atoms with Gasteiger partial charge in [-0.2, -0.15) is 0 Å². The molecule has 0 unspecified atom stereocenters. The maximum atomic E-state index is 11.4. The molecule has 1 aromatic carbocycles. The zero-order chi connectivity index (χ0) is 15.2. The molecule has 4 rings (SSSR count). The number of halogens is 1. The van der Waals surface area contributed by atoms with Gasteiger partial charge in [-0.3, -0.25) is 4.79 Å². The van der Waals surface area contributed by atoms with Gasteiger partial charge in [-0.1, -0.05) is 23.7 Å². The number of anilines is 1. The van der Waals surface area contributed by atoms with E-state index in [-0.39, 0.29) is 12.5 Å². The molecule has 22 heavy (non-hydrogen) atoms. The highest BCUT2D eigenvalue weighted by Gasteiger charge is 2.42. The third-order valence-corrected chi connectivity index (χ3v) is 4.48. The van der Waals surface area contributed by atoms with Crippen molar-refractivity contribution < 1.29 is 9.53 Å². The van der Waals surface area contributed by atoms with Gasteiger partial charge < -0.3 is 15.0 Å². The molecule has 2 fully saturated rings. The van der Waals surface area contributed by atoms with Gasteiger partial charge in [0.1, 0.15) is 12.3 Å². The number of carbonyl (C=O) groups excluding carboxylic acids is 1. The lowest BCUT2D eigenvalue weighted by Crippen LogP contribution is -2.52. The molecule has 1 N–H and O–H groups in total. The minimum atomic E-state index is -0.510. The second-order valence-corrected chi connectivity index (χ2v) is 6.00. The van der Waals surface area contributed by atoms with Crippen molar-refractivity contribution in [2.45, 2.75) is 18.6 Å². The van der Waals surface area contributed by atoms with E-state index in [4.69, 9.17) is 16.3 Å². The molecular formula is C15H15ClN4O2. The second kappa shape index (κ2) is 5.07. The SMILES string of the molecule is O=C1COC2(CCN(c3nc4ccccc4nc3Cl)CC2)N1. The van der Waals surface area contributed by atoms with Crippen LogP contribution in [-0.2, 0) is 9.53 Å². The summed E-state index contributed by atoms with van der Waals surface area (Å²) >= 11 is 6.29. The lowest BCUT2D eigenvalue weighted by atomic mass is 10.0. The van der Waals surface area contributed by atoms with Crippen LogP contribution in [0.15, 0.2) is 24.3 Å². The number of hydrogen-bond acceptors (Lipinski definition) is 5. The fourth-order valence-corrected chi connectivity index (χ4v) is 3.30. The number of carbonyl (C=O) groups is 1. The molecule has 0 aliphatic carbocycles. The van der Waals surface area contributed by atoms with E-state index in [1.165, 1.54) is 0 Å². The Kier molecular flexibility index (Phi) is 3.16. The summed E-state index contributed by atoms with van der Waals surface area (Å²) in [6.07, 6.45) is 1.42. The summed E-state index contributed by atoms with van der Waals surface area (Å²) in [6.45, 7) is 1.58. The Morgan fingerprint density at radius 2 is 1.86 bits per heavy atom. The molecule has 114 valence electrons. The smallest absolute Gasteiger partial charge is 0.248 e. The molecule has 1 amide bonds. The zero-order valence-electron chi connectivity index (χ0n) is 11.9. The summed E-state index contributed by atoms with van der Waals surface area (Å²) in [7, 11) is 0. The summed E-state index contributed by atoms with van der Waals surface area (Å²) in [5.41, 5.74) is 1.10. The molecule has 7 heteroatoms. The zero-order valence-corrected chi connectivity index (χ0v) is 12.6. The van der Waals surface area contributed by atoms with Gasteiger partial charge in [0.2, 0.25) is 5.91 Å². The van der Waals surface area contributed by atoms with E-state index in [1.807, 2.05) is 24.3 Å². The Morgan fingerprint density at radius 3 is 2.50 bits per heavy atom. The molecule has 0 bridgehead atoms. The van der Waals surface area contributed by atoms with Crippen molar-refractivity contribution in [3.05, 3.63) is 29.4 Å². The molecule has 2 aliphatic heterocycles. The summed E-state index contributed by atoms with van der Waals surface area (Å²) in [5, 5.41) is 3.34. The first-order valence-corrected chi connectivity index (χ1v) is 7.65. The van der Waals surface area contributed by atoms with Crippen molar-refractivity contribution in [3.63, 3.8) is 0 Å². The van der Waals surface area contributed by atoms with Gasteiger partial charge in [0, 0.05) is 25.9 Å². The topological polar surface area (TPSA) is 67.3 Å². The number of ether oxygens (including phenoxy) is 1. The number of benzene rings is 1. The van der Waals surface area contributed by atoms with Gasteiger partial charge in [0.05, 0.1) is 11.0 Å². The molecule has 6 nitrogen and oxygen atoms in total. The third kappa shape index (κ3) is 2.28. The fraction of sp³-hybridized carbons (Fsp3) is 0.400. The van der Waals surface area contributed by atoms with E-state index in [9.17, 15) is 4.79 Å². The van der Waals surface area contributed by atoms with Gasteiger partial charge in [-0.15, -0.1) is 0 Å². The highest BCUT2D eigenvalue weighted by atomic mass is 35.5. The summed E-state index contributed by atoms with van der Waals surface area (Å²) < 4.78 is 5.62. The number of fused-ring (bicyclic) bond motifs is 1. The van der Waals surface area contributed by atoms with Crippen LogP contribution >= 0.6 is 11.6 Å². The summed E-state index contributed by atoms with van der Waals surface area (Å²) in [6, 6.07) is 7.67. The first kappa shape index (κ1) is 13.7.